The van der Waals surface area contributed by atoms with Crippen LogP contribution in [0.5, 0.6) is 0 Å². The lowest BCUT2D eigenvalue weighted by atomic mass is 10.3. The average molecular weight is 217 g/mol. The standard InChI is InChI=1S/C9H19N3OS/c1-5-10-9(14)11-7(3)8(13)12(4)6-2/h7H,5-6H2,1-4H3,(H2,10,11,14). The Morgan fingerprint density at radius 1 is 1.50 bits per heavy atom. The number of carbonyl (C=O) groups excluding carboxylic acids is 1. The van der Waals surface area contributed by atoms with E-state index in [2.05, 4.69) is 10.6 Å². The van der Waals surface area contributed by atoms with Crippen molar-refractivity contribution in [1.29, 1.82) is 0 Å². The highest BCUT2D eigenvalue weighted by molar-refractivity contribution is 7.80. The number of hydrogen-bond donors (Lipinski definition) is 2. The first-order valence-electron chi connectivity index (χ1n) is 4.82. The van der Waals surface area contributed by atoms with Crippen LogP contribution in [-0.2, 0) is 4.79 Å². The molecule has 14 heavy (non-hydrogen) atoms. The highest BCUT2D eigenvalue weighted by Gasteiger charge is 2.16. The van der Waals surface area contributed by atoms with Crippen molar-refractivity contribution in [3.63, 3.8) is 0 Å². The highest BCUT2D eigenvalue weighted by Crippen LogP contribution is 1.91. The maximum atomic E-state index is 11.6. The third-order valence-electron chi connectivity index (χ3n) is 1.91. The van der Waals surface area contributed by atoms with E-state index in [1.54, 1.807) is 18.9 Å². The lowest BCUT2D eigenvalue weighted by Gasteiger charge is -2.21. The van der Waals surface area contributed by atoms with Crippen molar-refractivity contribution in [2.75, 3.05) is 20.1 Å². The van der Waals surface area contributed by atoms with Crippen molar-refractivity contribution in [1.82, 2.24) is 15.5 Å². The van der Waals surface area contributed by atoms with Crippen LogP contribution in [0.15, 0.2) is 0 Å². The molecule has 0 spiro atoms. The zero-order chi connectivity index (χ0) is 11.1. The molecule has 82 valence electrons. The zero-order valence-corrected chi connectivity index (χ0v) is 10.1. The molecule has 0 fully saturated rings. The van der Waals surface area contributed by atoms with E-state index in [1.807, 2.05) is 13.8 Å². The van der Waals surface area contributed by atoms with Crippen LogP contribution >= 0.6 is 12.2 Å². The van der Waals surface area contributed by atoms with Gasteiger partial charge in [0.15, 0.2) is 5.11 Å². The van der Waals surface area contributed by atoms with E-state index in [0.717, 1.165) is 6.54 Å². The van der Waals surface area contributed by atoms with Crippen LogP contribution < -0.4 is 10.6 Å². The second kappa shape index (κ2) is 6.59. The Bertz CT molecular complexity index is 208. The molecule has 0 rings (SSSR count). The van der Waals surface area contributed by atoms with Gasteiger partial charge in [0.05, 0.1) is 0 Å². The van der Waals surface area contributed by atoms with E-state index in [-0.39, 0.29) is 11.9 Å². The number of carbonyl (C=O) groups is 1. The Balaban J connectivity index is 4.01. The minimum absolute atomic E-state index is 0.0488. The van der Waals surface area contributed by atoms with Gasteiger partial charge >= 0.3 is 0 Å². The quantitative estimate of drug-likeness (QED) is 0.666. The van der Waals surface area contributed by atoms with Crippen molar-refractivity contribution in [3.8, 4) is 0 Å². The third-order valence-corrected chi connectivity index (χ3v) is 2.17. The van der Waals surface area contributed by atoms with Gasteiger partial charge in [0.2, 0.25) is 5.91 Å². The monoisotopic (exact) mass is 217 g/mol. The lowest BCUT2D eigenvalue weighted by molar-refractivity contribution is -0.131. The number of thiocarbonyl (C=S) groups is 1. The number of hydrogen-bond acceptors (Lipinski definition) is 2. The van der Waals surface area contributed by atoms with E-state index < -0.39 is 0 Å². The Hall–Kier alpha value is -0.840. The number of rotatable bonds is 4. The van der Waals surface area contributed by atoms with Gasteiger partial charge in [-0.3, -0.25) is 4.79 Å². The second-order valence-corrected chi connectivity index (χ2v) is 3.49. The fourth-order valence-electron chi connectivity index (χ4n) is 0.956. The molecule has 0 saturated heterocycles. The Morgan fingerprint density at radius 3 is 2.50 bits per heavy atom. The summed E-state index contributed by atoms with van der Waals surface area (Å²) in [4.78, 5) is 13.2. The Morgan fingerprint density at radius 2 is 2.07 bits per heavy atom. The van der Waals surface area contributed by atoms with Crippen LogP contribution in [0.3, 0.4) is 0 Å². The van der Waals surface area contributed by atoms with Gasteiger partial charge < -0.3 is 15.5 Å². The van der Waals surface area contributed by atoms with E-state index >= 15 is 0 Å². The molecule has 0 aromatic rings. The van der Waals surface area contributed by atoms with Gasteiger partial charge in [-0.15, -0.1) is 0 Å². The molecule has 0 aromatic carbocycles. The van der Waals surface area contributed by atoms with Crippen molar-refractivity contribution in [3.05, 3.63) is 0 Å². The van der Waals surface area contributed by atoms with Crippen molar-refractivity contribution < 1.29 is 4.79 Å². The van der Waals surface area contributed by atoms with E-state index in [4.69, 9.17) is 12.2 Å². The lowest BCUT2D eigenvalue weighted by Crippen LogP contribution is -2.48. The van der Waals surface area contributed by atoms with Crippen LogP contribution in [0.2, 0.25) is 0 Å². The number of likely N-dealkylation sites (N-methyl/N-ethyl adjacent to an activating group) is 1. The van der Waals surface area contributed by atoms with Gasteiger partial charge in [-0.25, -0.2) is 0 Å². The van der Waals surface area contributed by atoms with Gasteiger partial charge in [-0.1, -0.05) is 0 Å². The normalized spacial score (nSPS) is 11.7. The Labute approximate surface area is 91.0 Å². The Kier molecular flexibility index (Phi) is 6.19. The summed E-state index contributed by atoms with van der Waals surface area (Å²) < 4.78 is 0. The van der Waals surface area contributed by atoms with Crippen molar-refractivity contribution in [2.24, 2.45) is 0 Å². The third kappa shape index (κ3) is 4.41. The van der Waals surface area contributed by atoms with Crippen LogP contribution in [-0.4, -0.2) is 42.1 Å². The predicted molar refractivity (Wildman–Crippen MR) is 62.2 cm³/mol. The minimum atomic E-state index is -0.272. The molecule has 4 nitrogen and oxygen atoms in total. The summed E-state index contributed by atoms with van der Waals surface area (Å²) in [5.41, 5.74) is 0. The number of nitrogens with zero attached hydrogens (tertiary/aromatic N) is 1. The SMILES string of the molecule is CCNC(=S)NC(C)C(=O)N(C)CC. The summed E-state index contributed by atoms with van der Waals surface area (Å²) in [6.45, 7) is 7.17. The molecule has 5 heteroatoms. The molecule has 0 aromatic heterocycles. The fraction of sp³-hybridized carbons (Fsp3) is 0.778. The van der Waals surface area contributed by atoms with Gasteiger partial charge in [-0.2, -0.15) is 0 Å². The molecular weight excluding hydrogens is 198 g/mol. The molecule has 0 bridgehead atoms. The first kappa shape index (κ1) is 13.2. The molecule has 1 atom stereocenters. The van der Waals surface area contributed by atoms with Gasteiger partial charge in [0.1, 0.15) is 6.04 Å². The maximum absolute atomic E-state index is 11.6. The van der Waals surface area contributed by atoms with E-state index in [0.29, 0.717) is 11.7 Å². The van der Waals surface area contributed by atoms with Crippen LogP contribution in [0, 0.1) is 0 Å². The molecule has 0 heterocycles. The van der Waals surface area contributed by atoms with Crippen molar-refractivity contribution >= 4 is 23.2 Å². The molecule has 1 amide bonds. The van der Waals surface area contributed by atoms with E-state index in [1.165, 1.54) is 0 Å². The van der Waals surface area contributed by atoms with Gasteiger partial charge in [-0.05, 0) is 33.0 Å². The van der Waals surface area contributed by atoms with Crippen molar-refractivity contribution in [2.45, 2.75) is 26.8 Å². The summed E-state index contributed by atoms with van der Waals surface area (Å²) in [6, 6.07) is -0.272. The molecule has 0 aliphatic heterocycles. The van der Waals surface area contributed by atoms with Crippen LogP contribution in [0.1, 0.15) is 20.8 Å². The molecule has 2 N–H and O–H groups in total. The largest absolute Gasteiger partial charge is 0.363 e. The summed E-state index contributed by atoms with van der Waals surface area (Å²) in [5.74, 6) is 0.0488. The van der Waals surface area contributed by atoms with Gasteiger partial charge in [0, 0.05) is 20.1 Å². The summed E-state index contributed by atoms with van der Waals surface area (Å²) in [7, 11) is 1.77. The summed E-state index contributed by atoms with van der Waals surface area (Å²) in [5, 5.41) is 6.39. The molecule has 0 saturated carbocycles. The minimum Gasteiger partial charge on any atom is -0.363 e. The summed E-state index contributed by atoms with van der Waals surface area (Å²) >= 11 is 4.98. The van der Waals surface area contributed by atoms with E-state index in [9.17, 15) is 4.79 Å². The first-order valence-corrected chi connectivity index (χ1v) is 5.23. The molecule has 0 aliphatic rings. The number of nitrogens with one attached hydrogen (secondary N) is 2. The smallest absolute Gasteiger partial charge is 0.244 e. The fourth-order valence-corrected chi connectivity index (χ4v) is 1.28. The summed E-state index contributed by atoms with van der Waals surface area (Å²) in [6.07, 6.45) is 0. The van der Waals surface area contributed by atoms with Gasteiger partial charge in [0.25, 0.3) is 0 Å². The molecule has 0 radical (unpaired) electrons. The topological polar surface area (TPSA) is 44.4 Å². The molecular formula is C9H19N3OS. The molecule has 0 aliphatic carbocycles. The molecule has 1 unspecified atom stereocenters. The predicted octanol–water partition coefficient (Wildman–Crippen LogP) is 0.337. The zero-order valence-electron chi connectivity index (χ0n) is 9.26. The number of amides is 1. The second-order valence-electron chi connectivity index (χ2n) is 3.08. The highest BCUT2D eigenvalue weighted by atomic mass is 32.1. The first-order chi connectivity index (χ1) is 6.52. The van der Waals surface area contributed by atoms with Crippen LogP contribution in [0.4, 0.5) is 0 Å². The maximum Gasteiger partial charge on any atom is 0.244 e. The average Bonchev–Trinajstić information content (AvgIpc) is 2.15. The van der Waals surface area contributed by atoms with Crippen LogP contribution in [0.25, 0.3) is 0 Å².